The second-order valence-corrected chi connectivity index (χ2v) is 22.0. The van der Waals surface area contributed by atoms with Crippen LogP contribution in [0.1, 0.15) is 323 Å². The second kappa shape index (κ2) is 65.8. The summed E-state index contributed by atoms with van der Waals surface area (Å²) < 4.78 is 17.0. The molecule has 0 heterocycles. The maximum absolute atomic E-state index is 12.9. The van der Waals surface area contributed by atoms with Gasteiger partial charge in [-0.15, -0.1) is 0 Å². The lowest BCUT2D eigenvalue weighted by molar-refractivity contribution is -0.167. The minimum Gasteiger partial charge on any atom is -0.462 e. The first-order valence-electron chi connectivity index (χ1n) is 33.2. The molecular weight excluding hydrogens is 961 g/mol. The van der Waals surface area contributed by atoms with Gasteiger partial charge >= 0.3 is 17.9 Å². The smallest absolute Gasteiger partial charge is 0.306 e. The number of unbranched alkanes of at least 4 members (excludes halogenated alkanes) is 33. The zero-order chi connectivity index (χ0) is 56.4. The summed E-state index contributed by atoms with van der Waals surface area (Å²) in [4.78, 5) is 38.4. The number of hydrogen-bond donors (Lipinski definition) is 0. The highest BCUT2D eigenvalue weighted by Gasteiger charge is 2.19. The van der Waals surface area contributed by atoms with E-state index in [0.29, 0.717) is 19.3 Å². The fourth-order valence-corrected chi connectivity index (χ4v) is 9.43. The van der Waals surface area contributed by atoms with Gasteiger partial charge in [-0.1, -0.05) is 304 Å². The zero-order valence-electron chi connectivity index (χ0n) is 51.4. The van der Waals surface area contributed by atoms with Gasteiger partial charge in [0, 0.05) is 19.3 Å². The van der Waals surface area contributed by atoms with Crippen molar-refractivity contribution in [2.45, 2.75) is 329 Å². The molecule has 1 atom stereocenters. The van der Waals surface area contributed by atoms with E-state index in [-0.39, 0.29) is 31.1 Å². The van der Waals surface area contributed by atoms with Gasteiger partial charge < -0.3 is 14.2 Å². The largest absolute Gasteiger partial charge is 0.462 e. The molecule has 0 radical (unpaired) electrons. The summed E-state index contributed by atoms with van der Waals surface area (Å²) in [6.07, 6.45) is 88.4. The number of carbonyl (C=O) groups excluding carboxylic acids is 3. The van der Waals surface area contributed by atoms with E-state index in [4.69, 9.17) is 14.2 Å². The number of rotatable bonds is 60. The summed E-state index contributed by atoms with van der Waals surface area (Å²) in [5.74, 6) is -0.894. The summed E-state index contributed by atoms with van der Waals surface area (Å²) in [5, 5.41) is 0. The first-order valence-corrected chi connectivity index (χ1v) is 33.2. The highest BCUT2D eigenvalue weighted by atomic mass is 16.6. The SMILES string of the molecule is CC/C=C\C/C=C\C/C=C\C/C=C\CCCCCCCCCCCCCCC(=O)OCC(COC(=O)CCCCCC/C=C\C/C=C\C/C=C\C/C=C\CC)OC(=O)CCCCCCCCCCCCCCCCCCCC. The molecular formula is C72H124O6. The van der Waals surface area contributed by atoms with Crippen LogP contribution < -0.4 is 0 Å². The Morgan fingerprint density at radius 1 is 0.269 bits per heavy atom. The molecule has 6 heteroatoms. The van der Waals surface area contributed by atoms with Crippen molar-refractivity contribution in [1.29, 1.82) is 0 Å². The molecule has 0 aliphatic heterocycles. The molecule has 0 aromatic carbocycles. The average Bonchev–Trinajstić information content (AvgIpc) is 3.44. The molecule has 0 saturated heterocycles. The molecule has 0 rings (SSSR count). The van der Waals surface area contributed by atoms with Crippen LogP contribution in [0.4, 0.5) is 0 Å². The van der Waals surface area contributed by atoms with Gasteiger partial charge in [0.25, 0.3) is 0 Å². The summed E-state index contributed by atoms with van der Waals surface area (Å²) in [6, 6.07) is 0. The monoisotopic (exact) mass is 1080 g/mol. The van der Waals surface area contributed by atoms with E-state index in [1.165, 1.54) is 161 Å². The Morgan fingerprint density at radius 2 is 0.500 bits per heavy atom. The van der Waals surface area contributed by atoms with Crippen molar-refractivity contribution >= 4 is 17.9 Å². The standard InChI is InChI=1S/C72H124O6/c1-4-7-10-13-16-19-22-25-28-31-33-34-35-36-37-38-39-42-44-47-50-53-56-59-62-65-71(74)77-68-69(67-76-70(73)64-61-58-55-52-49-46-43-40-30-27-24-21-18-15-12-9-6-3)78-72(75)66-63-60-57-54-51-48-45-41-32-29-26-23-20-17-14-11-8-5-2/h7,9-10,12,16,18-19,21,25,27-28,30,33-34,43,46,69H,4-6,8,11,13-15,17,20,22-24,26,29,31-32,35-42,44-45,47-68H2,1-3H3/b10-7-,12-9-,19-16-,21-18-,28-25-,30-27-,34-33-,46-43-. The highest BCUT2D eigenvalue weighted by Crippen LogP contribution is 2.17. The lowest BCUT2D eigenvalue weighted by Crippen LogP contribution is -2.30. The summed E-state index contributed by atoms with van der Waals surface area (Å²) in [6.45, 7) is 6.43. The maximum Gasteiger partial charge on any atom is 0.306 e. The van der Waals surface area contributed by atoms with E-state index in [0.717, 1.165) is 122 Å². The van der Waals surface area contributed by atoms with Crippen molar-refractivity contribution < 1.29 is 28.6 Å². The Hall–Kier alpha value is -3.67. The Balaban J connectivity index is 4.36. The van der Waals surface area contributed by atoms with E-state index in [2.05, 4.69) is 118 Å². The Bertz CT molecular complexity index is 1530. The Kier molecular flexibility index (Phi) is 62.7. The highest BCUT2D eigenvalue weighted by molar-refractivity contribution is 5.71. The quantitative estimate of drug-likeness (QED) is 0.0261. The topological polar surface area (TPSA) is 78.9 Å². The van der Waals surface area contributed by atoms with E-state index in [1.807, 2.05) is 0 Å². The first kappa shape index (κ1) is 74.3. The average molecular weight is 1090 g/mol. The van der Waals surface area contributed by atoms with E-state index in [1.54, 1.807) is 0 Å². The minimum absolute atomic E-state index is 0.0838. The van der Waals surface area contributed by atoms with Crippen molar-refractivity contribution in [2.24, 2.45) is 0 Å². The molecule has 0 aromatic heterocycles. The van der Waals surface area contributed by atoms with Gasteiger partial charge in [0.1, 0.15) is 13.2 Å². The Morgan fingerprint density at radius 3 is 0.782 bits per heavy atom. The molecule has 448 valence electrons. The molecule has 1 unspecified atom stereocenters. The lowest BCUT2D eigenvalue weighted by Gasteiger charge is -2.18. The number of allylic oxidation sites excluding steroid dienone is 16. The number of ether oxygens (including phenoxy) is 3. The van der Waals surface area contributed by atoms with Crippen LogP contribution in [0.15, 0.2) is 97.2 Å². The number of hydrogen-bond acceptors (Lipinski definition) is 6. The second-order valence-electron chi connectivity index (χ2n) is 22.0. The van der Waals surface area contributed by atoms with Crippen LogP contribution >= 0.6 is 0 Å². The van der Waals surface area contributed by atoms with Crippen molar-refractivity contribution in [2.75, 3.05) is 13.2 Å². The van der Waals surface area contributed by atoms with Crippen LogP contribution in [0, 0.1) is 0 Å². The van der Waals surface area contributed by atoms with Crippen LogP contribution in [0.5, 0.6) is 0 Å². The van der Waals surface area contributed by atoms with Gasteiger partial charge in [-0.05, 0) is 96.3 Å². The van der Waals surface area contributed by atoms with Crippen LogP contribution in [0.25, 0.3) is 0 Å². The first-order chi connectivity index (χ1) is 38.5. The lowest BCUT2D eigenvalue weighted by atomic mass is 10.0. The van der Waals surface area contributed by atoms with Crippen LogP contribution in [-0.2, 0) is 28.6 Å². The van der Waals surface area contributed by atoms with Gasteiger partial charge in [-0.3, -0.25) is 14.4 Å². The van der Waals surface area contributed by atoms with Crippen LogP contribution in [-0.4, -0.2) is 37.2 Å². The summed E-state index contributed by atoms with van der Waals surface area (Å²) in [5.41, 5.74) is 0. The number of carbonyl (C=O) groups is 3. The Labute approximate surface area is 483 Å². The third-order valence-corrected chi connectivity index (χ3v) is 14.3. The van der Waals surface area contributed by atoms with Crippen molar-refractivity contribution in [1.82, 2.24) is 0 Å². The van der Waals surface area contributed by atoms with Gasteiger partial charge in [0.15, 0.2) is 6.10 Å². The van der Waals surface area contributed by atoms with Gasteiger partial charge in [-0.25, -0.2) is 0 Å². The normalized spacial score (nSPS) is 12.7. The van der Waals surface area contributed by atoms with Gasteiger partial charge in [-0.2, -0.15) is 0 Å². The molecule has 0 aromatic rings. The van der Waals surface area contributed by atoms with Crippen molar-refractivity contribution in [3.8, 4) is 0 Å². The summed E-state index contributed by atoms with van der Waals surface area (Å²) in [7, 11) is 0. The third-order valence-electron chi connectivity index (χ3n) is 14.3. The molecule has 6 nitrogen and oxygen atoms in total. The van der Waals surface area contributed by atoms with E-state index >= 15 is 0 Å². The van der Waals surface area contributed by atoms with Crippen molar-refractivity contribution in [3.05, 3.63) is 97.2 Å². The molecule has 0 fully saturated rings. The predicted octanol–water partition coefficient (Wildman–Crippen LogP) is 22.8. The zero-order valence-corrected chi connectivity index (χ0v) is 51.4. The molecule has 0 amide bonds. The van der Waals surface area contributed by atoms with E-state index in [9.17, 15) is 14.4 Å². The summed E-state index contributed by atoms with van der Waals surface area (Å²) >= 11 is 0. The van der Waals surface area contributed by atoms with Crippen molar-refractivity contribution in [3.63, 3.8) is 0 Å². The number of esters is 3. The molecule has 78 heavy (non-hydrogen) atoms. The van der Waals surface area contributed by atoms with E-state index < -0.39 is 6.10 Å². The molecule has 0 spiro atoms. The predicted molar refractivity (Wildman–Crippen MR) is 339 cm³/mol. The fourth-order valence-electron chi connectivity index (χ4n) is 9.43. The van der Waals surface area contributed by atoms with Crippen LogP contribution in [0.3, 0.4) is 0 Å². The molecule has 0 saturated carbocycles. The molecule has 0 bridgehead atoms. The van der Waals surface area contributed by atoms with Gasteiger partial charge in [0.05, 0.1) is 0 Å². The maximum atomic E-state index is 12.9. The van der Waals surface area contributed by atoms with Gasteiger partial charge in [0.2, 0.25) is 0 Å². The molecule has 0 aliphatic rings. The fraction of sp³-hybridized carbons (Fsp3) is 0.736. The van der Waals surface area contributed by atoms with Crippen LogP contribution in [0.2, 0.25) is 0 Å². The molecule has 0 N–H and O–H groups in total. The minimum atomic E-state index is -0.789. The third kappa shape index (κ3) is 63.2. The molecule has 0 aliphatic carbocycles.